The summed E-state index contributed by atoms with van der Waals surface area (Å²) in [7, 11) is 0. The van der Waals surface area contributed by atoms with Gasteiger partial charge in [-0.05, 0) is 40.0 Å². The summed E-state index contributed by atoms with van der Waals surface area (Å²) in [5.74, 6) is -0.982. The molecule has 20 heavy (non-hydrogen) atoms. The third-order valence-electron chi connectivity index (χ3n) is 2.45. The van der Waals surface area contributed by atoms with Crippen LogP contribution in [0.25, 0.3) is 0 Å². The van der Waals surface area contributed by atoms with E-state index in [4.69, 9.17) is 9.84 Å². The summed E-state index contributed by atoms with van der Waals surface area (Å²) in [6.07, 6.45) is 4.12. The average Bonchev–Trinajstić information content (AvgIpc) is 2.75. The summed E-state index contributed by atoms with van der Waals surface area (Å²) in [5.41, 5.74) is 0.339. The minimum atomic E-state index is -0.982. The largest absolute Gasteiger partial charge is 0.478 e. The van der Waals surface area contributed by atoms with Crippen LogP contribution in [0.15, 0.2) is 24.7 Å². The maximum Gasteiger partial charge on any atom is 0.419 e. The second kappa shape index (κ2) is 6.36. The van der Waals surface area contributed by atoms with Crippen molar-refractivity contribution in [1.29, 1.82) is 0 Å². The molecule has 0 amide bonds. The summed E-state index contributed by atoms with van der Waals surface area (Å²) in [5, 5.41) is 8.68. The van der Waals surface area contributed by atoms with Gasteiger partial charge in [0.05, 0.1) is 5.69 Å². The number of ether oxygens (including phenoxy) is 1. The zero-order valence-corrected chi connectivity index (χ0v) is 12.0. The Morgan fingerprint density at radius 1 is 1.45 bits per heavy atom. The number of carbonyl (C=O) groups is 2. The van der Waals surface area contributed by atoms with E-state index in [1.54, 1.807) is 27.0 Å². The lowest BCUT2D eigenvalue weighted by molar-refractivity contribution is -0.132. The van der Waals surface area contributed by atoms with E-state index in [2.05, 4.69) is 11.6 Å². The molecule has 1 heterocycles. The van der Waals surface area contributed by atoms with E-state index in [1.165, 1.54) is 10.9 Å². The first-order chi connectivity index (χ1) is 9.19. The first-order valence-corrected chi connectivity index (χ1v) is 6.36. The van der Waals surface area contributed by atoms with Gasteiger partial charge in [-0.25, -0.2) is 19.1 Å². The summed E-state index contributed by atoms with van der Waals surface area (Å²) in [6.45, 7) is 8.84. The van der Waals surface area contributed by atoms with Crippen LogP contribution < -0.4 is 0 Å². The Labute approximate surface area is 118 Å². The van der Waals surface area contributed by atoms with Gasteiger partial charge in [0.25, 0.3) is 0 Å². The standard InChI is InChI=1S/C14H20N2O4/c1-10(12(17)18)6-5-7-11-8-16(9-15-11)13(19)20-14(2,3)4/h8-9H,1,5-7H2,2-4H3,(H,17,18). The smallest absolute Gasteiger partial charge is 0.419 e. The minimum Gasteiger partial charge on any atom is -0.478 e. The van der Waals surface area contributed by atoms with Crippen LogP contribution in [0.1, 0.15) is 39.3 Å². The molecule has 0 saturated carbocycles. The summed E-state index contributed by atoms with van der Waals surface area (Å²) in [6, 6.07) is 0. The Balaban J connectivity index is 2.49. The minimum absolute atomic E-state index is 0.177. The Kier molecular flexibility index (Phi) is 5.07. The highest BCUT2D eigenvalue weighted by atomic mass is 16.6. The number of hydrogen-bond acceptors (Lipinski definition) is 4. The molecule has 1 aromatic heterocycles. The number of rotatable bonds is 5. The first-order valence-electron chi connectivity index (χ1n) is 6.36. The number of aryl methyl sites for hydroxylation is 1. The van der Waals surface area contributed by atoms with Gasteiger partial charge >= 0.3 is 12.1 Å². The van der Waals surface area contributed by atoms with Crippen molar-refractivity contribution < 1.29 is 19.4 Å². The Bertz CT molecular complexity index is 511. The van der Waals surface area contributed by atoms with Gasteiger partial charge in [-0.15, -0.1) is 0 Å². The van der Waals surface area contributed by atoms with E-state index < -0.39 is 17.7 Å². The van der Waals surface area contributed by atoms with Gasteiger partial charge in [0, 0.05) is 11.8 Å². The number of aliphatic carboxylic acids is 1. The van der Waals surface area contributed by atoms with E-state index in [1.807, 2.05) is 0 Å². The van der Waals surface area contributed by atoms with Crippen molar-refractivity contribution in [3.8, 4) is 0 Å². The number of imidazole rings is 1. The molecule has 0 aliphatic rings. The normalized spacial score (nSPS) is 11.2. The zero-order valence-electron chi connectivity index (χ0n) is 12.0. The third kappa shape index (κ3) is 5.26. The van der Waals surface area contributed by atoms with Crippen molar-refractivity contribution in [2.75, 3.05) is 0 Å². The van der Waals surface area contributed by atoms with E-state index in [9.17, 15) is 9.59 Å². The Hall–Kier alpha value is -2.11. The molecule has 6 nitrogen and oxygen atoms in total. The van der Waals surface area contributed by atoms with Gasteiger partial charge in [-0.1, -0.05) is 6.58 Å². The van der Waals surface area contributed by atoms with Crippen molar-refractivity contribution >= 4 is 12.1 Å². The molecule has 1 aromatic rings. The number of aromatic nitrogens is 2. The molecule has 0 unspecified atom stereocenters. The molecule has 0 aliphatic heterocycles. The van der Waals surface area contributed by atoms with Gasteiger partial charge in [0.2, 0.25) is 0 Å². The molecule has 0 aliphatic carbocycles. The van der Waals surface area contributed by atoms with Crippen molar-refractivity contribution in [1.82, 2.24) is 9.55 Å². The molecular formula is C14H20N2O4. The van der Waals surface area contributed by atoms with Crippen LogP contribution in [0.2, 0.25) is 0 Å². The number of carbonyl (C=O) groups excluding carboxylic acids is 1. The fourth-order valence-corrected chi connectivity index (χ4v) is 1.50. The van der Waals surface area contributed by atoms with Gasteiger partial charge in [0.1, 0.15) is 11.9 Å². The fourth-order valence-electron chi connectivity index (χ4n) is 1.50. The molecule has 0 atom stereocenters. The van der Waals surface area contributed by atoms with Crippen LogP contribution in [0.3, 0.4) is 0 Å². The van der Waals surface area contributed by atoms with Crippen molar-refractivity contribution in [3.63, 3.8) is 0 Å². The average molecular weight is 280 g/mol. The molecule has 0 saturated heterocycles. The SMILES string of the molecule is C=C(CCCc1cn(C(=O)OC(C)(C)C)cn1)C(=O)O. The second-order valence-corrected chi connectivity index (χ2v) is 5.51. The fraction of sp³-hybridized carbons (Fsp3) is 0.500. The highest BCUT2D eigenvalue weighted by Crippen LogP contribution is 2.11. The summed E-state index contributed by atoms with van der Waals surface area (Å²) in [4.78, 5) is 26.4. The maximum absolute atomic E-state index is 11.8. The number of carboxylic acids is 1. The lowest BCUT2D eigenvalue weighted by atomic mass is 10.1. The Morgan fingerprint density at radius 3 is 2.65 bits per heavy atom. The lowest BCUT2D eigenvalue weighted by Gasteiger charge is -2.19. The third-order valence-corrected chi connectivity index (χ3v) is 2.45. The lowest BCUT2D eigenvalue weighted by Crippen LogP contribution is -2.26. The molecule has 1 N–H and O–H groups in total. The highest BCUT2D eigenvalue weighted by Gasteiger charge is 2.18. The van der Waals surface area contributed by atoms with Gasteiger partial charge < -0.3 is 9.84 Å². The van der Waals surface area contributed by atoms with Crippen LogP contribution in [-0.2, 0) is 16.0 Å². The van der Waals surface area contributed by atoms with E-state index in [0.717, 1.165) is 0 Å². The van der Waals surface area contributed by atoms with E-state index in [-0.39, 0.29) is 5.57 Å². The van der Waals surface area contributed by atoms with Crippen molar-refractivity contribution in [2.45, 2.75) is 45.6 Å². The highest BCUT2D eigenvalue weighted by molar-refractivity contribution is 5.85. The van der Waals surface area contributed by atoms with Crippen LogP contribution >= 0.6 is 0 Å². The molecule has 110 valence electrons. The van der Waals surface area contributed by atoms with Gasteiger partial charge in [0.15, 0.2) is 0 Å². The van der Waals surface area contributed by atoms with Gasteiger partial charge in [-0.3, -0.25) is 0 Å². The van der Waals surface area contributed by atoms with Crippen molar-refractivity contribution in [2.24, 2.45) is 0 Å². The van der Waals surface area contributed by atoms with Crippen LogP contribution in [0.5, 0.6) is 0 Å². The van der Waals surface area contributed by atoms with E-state index in [0.29, 0.717) is 25.0 Å². The second-order valence-electron chi connectivity index (χ2n) is 5.51. The van der Waals surface area contributed by atoms with E-state index >= 15 is 0 Å². The summed E-state index contributed by atoms with van der Waals surface area (Å²) >= 11 is 0. The number of nitrogens with zero attached hydrogens (tertiary/aromatic N) is 2. The van der Waals surface area contributed by atoms with Crippen LogP contribution in [-0.4, -0.2) is 32.3 Å². The molecule has 0 aromatic carbocycles. The van der Waals surface area contributed by atoms with Crippen LogP contribution in [0.4, 0.5) is 4.79 Å². The summed E-state index contributed by atoms with van der Waals surface area (Å²) < 4.78 is 6.49. The monoisotopic (exact) mass is 280 g/mol. The topological polar surface area (TPSA) is 81.4 Å². The number of carboxylic acid groups (broad SMARTS) is 1. The number of hydrogen-bond donors (Lipinski definition) is 1. The quantitative estimate of drug-likeness (QED) is 0.838. The molecule has 0 bridgehead atoms. The molecule has 6 heteroatoms. The molecule has 0 spiro atoms. The predicted molar refractivity (Wildman–Crippen MR) is 73.6 cm³/mol. The van der Waals surface area contributed by atoms with Crippen LogP contribution in [0, 0.1) is 0 Å². The molecule has 1 rings (SSSR count). The molecule has 0 radical (unpaired) electrons. The predicted octanol–water partition coefficient (Wildman–Crippen LogP) is 2.63. The first kappa shape index (κ1) is 15.9. The molecule has 0 fully saturated rings. The zero-order chi connectivity index (χ0) is 15.3. The van der Waals surface area contributed by atoms with Gasteiger partial charge in [-0.2, -0.15) is 0 Å². The van der Waals surface area contributed by atoms with Crippen molar-refractivity contribution in [3.05, 3.63) is 30.4 Å². The molecular weight excluding hydrogens is 260 g/mol. The maximum atomic E-state index is 11.8. The Morgan fingerprint density at radius 2 is 2.10 bits per heavy atom.